The van der Waals surface area contributed by atoms with Crippen molar-refractivity contribution in [2.75, 3.05) is 20.2 Å². The third kappa shape index (κ3) is 5.50. The Labute approximate surface area is 84.8 Å². The Morgan fingerprint density at radius 2 is 2.36 bits per heavy atom. The van der Waals surface area contributed by atoms with Gasteiger partial charge in [-0.25, -0.2) is 0 Å². The van der Waals surface area contributed by atoms with E-state index in [1.165, 1.54) is 6.08 Å². The predicted molar refractivity (Wildman–Crippen MR) is 55.5 cm³/mol. The quantitative estimate of drug-likeness (QED) is 0.356. The van der Waals surface area contributed by atoms with Crippen molar-refractivity contribution in [3.8, 4) is 0 Å². The fraction of sp³-hybridized carbons (Fsp3) is 0.500. The Balaban J connectivity index is 0.000000791. The number of hydrogen-bond donors (Lipinski definition) is 2. The lowest BCUT2D eigenvalue weighted by Crippen LogP contribution is -2.40. The molecule has 1 aliphatic heterocycles. The molecule has 1 aliphatic rings. The van der Waals surface area contributed by atoms with E-state index in [2.05, 4.69) is 17.6 Å². The molecule has 4 nitrogen and oxygen atoms in total. The average molecular weight is 199 g/mol. The molecule has 0 aromatic rings. The van der Waals surface area contributed by atoms with Gasteiger partial charge >= 0.3 is 0 Å². The van der Waals surface area contributed by atoms with Gasteiger partial charge in [0.1, 0.15) is 6.29 Å². The molecule has 4 heteroatoms. The van der Waals surface area contributed by atoms with E-state index < -0.39 is 0 Å². The van der Waals surface area contributed by atoms with Gasteiger partial charge in [-0.1, -0.05) is 6.58 Å². The van der Waals surface area contributed by atoms with Crippen LogP contribution in [0.2, 0.25) is 0 Å². The van der Waals surface area contributed by atoms with Crippen LogP contribution in [-0.2, 0) is 9.53 Å². The minimum Gasteiger partial charge on any atom is -0.383 e. The minimum absolute atomic E-state index is 0.325. The molecule has 14 heavy (non-hydrogen) atoms. The summed E-state index contributed by atoms with van der Waals surface area (Å²) in [6.07, 6.45) is 5.22. The van der Waals surface area contributed by atoms with Crippen molar-refractivity contribution in [2.45, 2.75) is 12.5 Å². The Morgan fingerprint density at radius 3 is 2.79 bits per heavy atom. The Hall–Kier alpha value is -1.13. The van der Waals surface area contributed by atoms with Crippen molar-refractivity contribution >= 4 is 6.29 Å². The molecule has 1 rings (SSSR count). The van der Waals surface area contributed by atoms with Crippen LogP contribution in [0.3, 0.4) is 0 Å². The number of carbonyl (C=O) groups is 1. The molecule has 1 unspecified atom stereocenters. The number of nitrogens with one attached hydrogen (secondary N) is 1. The molecule has 0 saturated carbocycles. The summed E-state index contributed by atoms with van der Waals surface area (Å²) in [6, 6.07) is 0. The van der Waals surface area contributed by atoms with E-state index in [9.17, 15) is 4.79 Å². The molecule has 0 bridgehead atoms. The summed E-state index contributed by atoms with van der Waals surface area (Å²) >= 11 is 0. The van der Waals surface area contributed by atoms with Crippen LogP contribution in [0.5, 0.6) is 0 Å². The number of allylic oxidation sites excluding steroid dienone is 2. The lowest BCUT2D eigenvalue weighted by Gasteiger charge is -2.26. The van der Waals surface area contributed by atoms with Crippen molar-refractivity contribution < 1.29 is 15.3 Å². The predicted octanol–water partition coefficient (Wildman–Crippen LogP) is -0.508. The van der Waals surface area contributed by atoms with Crippen LogP contribution in [0.15, 0.2) is 24.4 Å². The van der Waals surface area contributed by atoms with Gasteiger partial charge in [0.15, 0.2) is 0 Å². The summed E-state index contributed by atoms with van der Waals surface area (Å²) in [5.41, 5.74) is 4.00. The summed E-state index contributed by atoms with van der Waals surface area (Å²) in [7, 11) is 1.75. The second-order valence-electron chi connectivity index (χ2n) is 2.68. The smallest absolute Gasteiger partial charge is 0.142 e. The number of hydrogen-bond acceptors (Lipinski definition) is 3. The molecule has 0 aliphatic carbocycles. The number of quaternary nitrogens is 1. The monoisotopic (exact) mass is 199 g/mol. The van der Waals surface area contributed by atoms with E-state index >= 15 is 0 Å². The highest BCUT2D eigenvalue weighted by atomic mass is 16.5. The first kappa shape index (κ1) is 12.9. The largest absolute Gasteiger partial charge is 0.383 e. The maximum atomic E-state index is 9.93. The van der Waals surface area contributed by atoms with Gasteiger partial charge in [0.05, 0.1) is 13.2 Å². The zero-order valence-corrected chi connectivity index (χ0v) is 8.66. The number of ether oxygens (including phenoxy) is 1. The van der Waals surface area contributed by atoms with Crippen LogP contribution in [0.1, 0.15) is 6.42 Å². The van der Waals surface area contributed by atoms with E-state index in [0.29, 0.717) is 6.10 Å². The van der Waals surface area contributed by atoms with Gasteiger partial charge < -0.3 is 15.8 Å². The first-order valence-corrected chi connectivity index (χ1v) is 4.70. The van der Waals surface area contributed by atoms with Crippen LogP contribution in [0, 0.1) is 0 Å². The van der Waals surface area contributed by atoms with E-state index in [1.807, 2.05) is 0 Å². The molecule has 0 spiro atoms. The third-order valence-corrected chi connectivity index (χ3v) is 1.73. The molecule has 80 valence electrons. The lowest BCUT2D eigenvalue weighted by molar-refractivity contribution is -0.325. The number of aldehydes is 1. The molecular weight excluding hydrogens is 180 g/mol. The van der Waals surface area contributed by atoms with Gasteiger partial charge in [-0.15, -0.1) is 0 Å². The van der Waals surface area contributed by atoms with Crippen LogP contribution in [-0.4, -0.2) is 32.6 Å². The van der Waals surface area contributed by atoms with E-state index in [1.54, 1.807) is 13.1 Å². The van der Waals surface area contributed by atoms with Crippen LogP contribution < -0.4 is 11.1 Å². The summed E-state index contributed by atoms with van der Waals surface area (Å²) in [5, 5.41) is 3.05. The highest BCUT2D eigenvalue weighted by molar-refractivity contribution is 5.65. The van der Waals surface area contributed by atoms with Crippen molar-refractivity contribution in [1.82, 2.24) is 5.32 Å². The van der Waals surface area contributed by atoms with Crippen molar-refractivity contribution in [2.24, 2.45) is 0 Å². The van der Waals surface area contributed by atoms with E-state index in [-0.39, 0.29) is 0 Å². The maximum absolute atomic E-state index is 9.93. The molecule has 1 atom stereocenters. The molecule has 0 aromatic carbocycles. The average Bonchev–Trinajstić information content (AvgIpc) is 2.15. The topological polar surface area (TPSA) is 66.0 Å². The minimum atomic E-state index is 0.325. The Bertz CT molecular complexity index is 198. The van der Waals surface area contributed by atoms with Gasteiger partial charge in [0.25, 0.3) is 0 Å². The van der Waals surface area contributed by atoms with Gasteiger partial charge in [0, 0.05) is 18.8 Å². The molecule has 0 radical (unpaired) electrons. The molecule has 1 heterocycles. The van der Waals surface area contributed by atoms with Crippen LogP contribution in [0.4, 0.5) is 0 Å². The molecule has 1 saturated heterocycles. The van der Waals surface area contributed by atoms with Crippen LogP contribution >= 0.6 is 0 Å². The summed E-state index contributed by atoms with van der Waals surface area (Å²) in [4.78, 5) is 9.93. The Kier molecular flexibility index (Phi) is 7.78. The normalized spacial score (nSPS) is 19.1. The fourth-order valence-electron chi connectivity index (χ4n) is 0.905. The zero-order chi connectivity index (χ0) is 10.8. The number of carbonyl (C=O) groups excluding carboxylic acids is 1. The second-order valence-corrected chi connectivity index (χ2v) is 2.68. The summed E-state index contributed by atoms with van der Waals surface area (Å²) in [6.45, 7) is 5.35. The van der Waals surface area contributed by atoms with Gasteiger partial charge in [-0.2, -0.15) is 0 Å². The van der Waals surface area contributed by atoms with Gasteiger partial charge in [0.2, 0.25) is 0 Å². The van der Waals surface area contributed by atoms with E-state index in [0.717, 1.165) is 31.6 Å². The standard InChI is InChI=1S/C9H13NO2.CH5N/c1-8(3-2-5-11)10-7-9-4-6-12-9;1-2/h2-3,5,9-10H,1,4,6-7H2;2H2,1H3/p+1/b3-2+;. The maximum Gasteiger partial charge on any atom is 0.142 e. The summed E-state index contributed by atoms with van der Waals surface area (Å²) < 4.78 is 5.19. The Morgan fingerprint density at radius 1 is 1.71 bits per heavy atom. The first-order chi connectivity index (χ1) is 6.83. The zero-order valence-electron chi connectivity index (χ0n) is 8.66. The molecule has 4 N–H and O–H groups in total. The molecular formula is C10H19N2O2+. The summed E-state index contributed by atoms with van der Waals surface area (Å²) in [5.74, 6) is 0. The second kappa shape index (κ2) is 8.47. The molecule has 1 fully saturated rings. The highest BCUT2D eigenvalue weighted by Crippen LogP contribution is 2.09. The lowest BCUT2D eigenvalue weighted by atomic mass is 10.2. The van der Waals surface area contributed by atoms with Gasteiger partial charge in [-0.05, 0) is 18.6 Å². The molecule has 0 aromatic heterocycles. The highest BCUT2D eigenvalue weighted by Gasteiger charge is 2.16. The van der Waals surface area contributed by atoms with Crippen molar-refractivity contribution in [3.63, 3.8) is 0 Å². The van der Waals surface area contributed by atoms with Crippen molar-refractivity contribution in [3.05, 3.63) is 24.4 Å². The SMILES string of the molecule is C=C(/C=C/C=O)NCC1CCO1.C[NH3+]. The van der Waals surface area contributed by atoms with Crippen LogP contribution in [0.25, 0.3) is 0 Å². The van der Waals surface area contributed by atoms with E-state index in [4.69, 9.17) is 4.74 Å². The fourth-order valence-corrected chi connectivity index (χ4v) is 0.905. The third-order valence-electron chi connectivity index (χ3n) is 1.73. The first-order valence-electron chi connectivity index (χ1n) is 4.70. The van der Waals surface area contributed by atoms with Crippen molar-refractivity contribution in [1.29, 1.82) is 0 Å². The number of rotatable bonds is 5. The van der Waals surface area contributed by atoms with Gasteiger partial charge in [-0.3, -0.25) is 4.79 Å². The molecule has 0 amide bonds.